The normalized spacial score (nSPS) is 16.6. The first-order chi connectivity index (χ1) is 8.43. The Morgan fingerprint density at radius 3 is 2.47 bits per heavy atom. The summed E-state index contributed by atoms with van der Waals surface area (Å²) in [5, 5.41) is 0. The van der Waals surface area contributed by atoms with Gasteiger partial charge in [-0.25, -0.2) is 0 Å². The van der Waals surface area contributed by atoms with Gasteiger partial charge in [0.1, 0.15) is 18.5 Å². The minimum absolute atomic E-state index is 0. The Kier molecular flexibility index (Phi) is 5.91. The predicted molar refractivity (Wildman–Crippen MR) is 73.4 cm³/mol. The summed E-state index contributed by atoms with van der Waals surface area (Å²) in [5.74, 6) is 0.694. The molecule has 0 bridgehead atoms. The van der Waals surface area contributed by atoms with Gasteiger partial charge in [0.25, 0.3) is 0 Å². The van der Waals surface area contributed by atoms with Crippen LogP contribution in [-0.4, -0.2) is 12.5 Å². The van der Waals surface area contributed by atoms with Crippen molar-refractivity contribution in [3.05, 3.63) is 79.2 Å². The molecule has 3 rings (SSSR count). The van der Waals surface area contributed by atoms with Gasteiger partial charge >= 0.3 is 19.5 Å². The van der Waals surface area contributed by atoms with Crippen molar-refractivity contribution in [3.8, 4) is 0 Å². The minimum Gasteiger partial charge on any atom is -0.518 e. The van der Waals surface area contributed by atoms with Crippen LogP contribution in [0.15, 0.2) is 59.6 Å². The summed E-state index contributed by atoms with van der Waals surface area (Å²) < 4.78 is 5.62. The summed E-state index contributed by atoms with van der Waals surface area (Å²) in [4.78, 5) is 4.59. The quantitative estimate of drug-likeness (QED) is 0.607. The Labute approximate surface area is 127 Å². The van der Waals surface area contributed by atoms with Crippen molar-refractivity contribution >= 4 is 5.90 Å². The standard InChI is InChI=1S/C15H12NO.CH3.Ru/c1-3-7-12(8-4-1)14-11-17-15(16-14)13-9-5-2-6-10-13;;/h1-9,14H,11H2;1H3;/q2*-1;+2. The second kappa shape index (κ2) is 7.20. The first kappa shape index (κ1) is 15.6. The minimum atomic E-state index is 0. The largest absolute Gasteiger partial charge is 2.00 e. The third-order valence-corrected chi connectivity index (χ3v) is 2.77. The van der Waals surface area contributed by atoms with Gasteiger partial charge in [-0.1, -0.05) is 35.9 Å². The fraction of sp³-hybridized carbons (Fsp3) is 0.125. The Balaban J connectivity index is 0.000000902. The fourth-order valence-electron chi connectivity index (χ4n) is 1.89. The monoisotopic (exact) mass is 339 g/mol. The average molecular weight is 338 g/mol. The van der Waals surface area contributed by atoms with Crippen LogP contribution in [0.4, 0.5) is 0 Å². The number of hydrogen-bond acceptors (Lipinski definition) is 2. The van der Waals surface area contributed by atoms with E-state index >= 15 is 0 Å². The number of nitrogens with zero attached hydrogens (tertiary/aromatic N) is 1. The molecule has 1 heterocycles. The van der Waals surface area contributed by atoms with Crippen LogP contribution in [0.5, 0.6) is 0 Å². The van der Waals surface area contributed by atoms with Crippen molar-refractivity contribution in [3.63, 3.8) is 0 Å². The van der Waals surface area contributed by atoms with Gasteiger partial charge in [-0.05, 0) is 5.56 Å². The number of benzene rings is 2. The van der Waals surface area contributed by atoms with Gasteiger partial charge < -0.3 is 12.2 Å². The van der Waals surface area contributed by atoms with Crippen LogP contribution >= 0.6 is 0 Å². The maximum absolute atomic E-state index is 5.62. The van der Waals surface area contributed by atoms with Crippen molar-refractivity contribution in [1.29, 1.82) is 0 Å². The summed E-state index contributed by atoms with van der Waals surface area (Å²) >= 11 is 0. The molecule has 1 aliphatic heterocycles. The molecule has 98 valence electrons. The van der Waals surface area contributed by atoms with E-state index in [-0.39, 0.29) is 32.9 Å². The summed E-state index contributed by atoms with van der Waals surface area (Å²) in [5.41, 5.74) is 2.12. The zero-order chi connectivity index (χ0) is 11.5. The molecule has 0 radical (unpaired) electrons. The van der Waals surface area contributed by atoms with Crippen molar-refractivity contribution in [1.82, 2.24) is 0 Å². The molecule has 0 amide bonds. The molecule has 1 aliphatic rings. The van der Waals surface area contributed by atoms with Gasteiger partial charge in [0, 0.05) is 0 Å². The fourth-order valence-corrected chi connectivity index (χ4v) is 1.89. The van der Waals surface area contributed by atoms with Crippen LogP contribution in [0.25, 0.3) is 0 Å². The van der Waals surface area contributed by atoms with E-state index in [9.17, 15) is 0 Å². The summed E-state index contributed by atoms with van der Waals surface area (Å²) in [6, 6.07) is 21.2. The van der Waals surface area contributed by atoms with Crippen molar-refractivity contribution < 1.29 is 24.2 Å². The van der Waals surface area contributed by atoms with E-state index in [0.717, 1.165) is 5.56 Å². The molecular formula is C16H15NORu. The van der Waals surface area contributed by atoms with E-state index in [1.54, 1.807) is 0 Å². The number of ether oxygens (including phenoxy) is 1. The topological polar surface area (TPSA) is 21.6 Å². The molecule has 0 aliphatic carbocycles. The summed E-state index contributed by atoms with van der Waals surface area (Å²) in [6.45, 7) is 0.613. The summed E-state index contributed by atoms with van der Waals surface area (Å²) in [7, 11) is 0. The average Bonchev–Trinajstić information content (AvgIpc) is 2.90. The Morgan fingerprint density at radius 2 is 1.79 bits per heavy atom. The molecule has 1 unspecified atom stereocenters. The molecule has 0 spiro atoms. The maximum Gasteiger partial charge on any atom is 2.00 e. The molecule has 2 nitrogen and oxygen atoms in total. The van der Waals surface area contributed by atoms with Crippen LogP contribution in [0.1, 0.15) is 17.2 Å². The first-order valence-corrected chi connectivity index (χ1v) is 5.66. The summed E-state index contributed by atoms with van der Waals surface area (Å²) in [6.07, 6.45) is 0. The smallest absolute Gasteiger partial charge is 0.518 e. The van der Waals surface area contributed by atoms with Gasteiger partial charge in [0.2, 0.25) is 0 Å². The molecule has 1 atom stereocenters. The van der Waals surface area contributed by atoms with Gasteiger partial charge in [-0.15, -0.1) is 30.3 Å². The molecule has 19 heavy (non-hydrogen) atoms. The van der Waals surface area contributed by atoms with Gasteiger partial charge in [-0.2, -0.15) is 0 Å². The van der Waals surface area contributed by atoms with Crippen LogP contribution in [0.2, 0.25) is 0 Å². The van der Waals surface area contributed by atoms with Crippen molar-refractivity contribution in [2.45, 2.75) is 6.04 Å². The molecule has 2 aromatic rings. The van der Waals surface area contributed by atoms with E-state index in [1.807, 2.05) is 42.5 Å². The number of rotatable bonds is 2. The molecule has 2 aromatic carbocycles. The SMILES string of the molecule is [CH3-].[Ru+2].[c-]1ccccc1C1=NC(c2ccccc2)CO1. The molecule has 0 saturated heterocycles. The van der Waals surface area contributed by atoms with Crippen LogP contribution in [0.3, 0.4) is 0 Å². The van der Waals surface area contributed by atoms with E-state index < -0.39 is 0 Å². The second-order valence-corrected chi connectivity index (χ2v) is 3.95. The van der Waals surface area contributed by atoms with E-state index in [1.165, 1.54) is 5.56 Å². The molecule has 0 aromatic heterocycles. The van der Waals surface area contributed by atoms with Crippen LogP contribution < -0.4 is 0 Å². The molecular weight excluding hydrogens is 323 g/mol. The zero-order valence-corrected chi connectivity index (χ0v) is 12.4. The van der Waals surface area contributed by atoms with Gasteiger partial charge in [0.05, 0.1) is 0 Å². The van der Waals surface area contributed by atoms with Crippen molar-refractivity contribution in [2.24, 2.45) is 4.99 Å². The Morgan fingerprint density at radius 1 is 1.05 bits per heavy atom. The number of aliphatic imine (C=N–C) groups is 1. The molecule has 0 N–H and O–H groups in total. The van der Waals surface area contributed by atoms with Gasteiger partial charge in [0.15, 0.2) is 0 Å². The van der Waals surface area contributed by atoms with E-state index in [4.69, 9.17) is 4.74 Å². The third kappa shape index (κ3) is 3.51. The Bertz CT molecular complexity index is 525. The van der Waals surface area contributed by atoms with E-state index in [0.29, 0.717) is 12.5 Å². The zero-order valence-electron chi connectivity index (χ0n) is 10.7. The Hall–Kier alpha value is -1.47. The molecule has 0 saturated carbocycles. The molecule has 3 heteroatoms. The van der Waals surface area contributed by atoms with E-state index in [2.05, 4.69) is 23.2 Å². The van der Waals surface area contributed by atoms with Crippen LogP contribution in [-0.2, 0) is 24.2 Å². The maximum atomic E-state index is 5.62. The first-order valence-electron chi connectivity index (χ1n) is 5.66. The predicted octanol–water partition coefficient (Wildman–Crippen LogP) is 3.45. The van der Waals surface area contributed by atoms with Gasteiger partial charge in [-0.3, -0.25) is 4.99 Å². The van der Waals surface area contributed by atoms with Crippen LogP contribution in [0, 0.1) is 13.5 Å². The third-order valence-electron chi connectivity index (χ3n) is 2.77. The second-order valence-electron chi connectivity index (χ2n) is 3.95. The van der Waals surface area contributed by atoms with Crippen molar-refractivity contribution in [2.75, 3.05) is 6.61 Å². The number of hydrogen-bond donors (Lipinski definition) is 0. The molecule has 0 fully saturated rings.